The summed E-state index contributed by atoms with van der Waals surface area (Å²) in [5, 5.41) is 6.99. The number of nitrogens with one attached hydrogen (secondary N) is 2. The highest BCUT2D eigenvalue weighted by Gasteiger charge is 2.37. The van der Waals surface area contributed by atoms with Crippen molar-refractivity contribution in [2.45, 2.75) is 64.2 Å². The Morgan fingerprint density at radius 3 is 1.29 bits per heavy atom. The van der Waals surface area contributed by atoms with Crippen LogP contribution in [-0.4, -0.2) is 65.9 Å². The Kier molecular flexibility index (Phi) is 14.7. The minimum atomic E-state index is -3.08. The summed E-state index contributed by atoms with van der Waals surface area (Å²) in [5.74, 6) is -3.08. The van der Waals surface area contributed by atoms with Crippen LogP contribution in [0.1, 0.15) is 64.2 Å². The first-order chi connectivity index (χ1) is 17.0. The minimum absolute atomic E-state index is 0.310. The maximum Gasteiger partial charge on any atom is 0.280 e. The summed E-state index contributed by atoms with van der Waals surface area (Å²) in [6, 6.07) is 0. The van der Waals surface area contributed by atoms with E-state index in [9.17, 15) is 0 Å². The Balaban J connectivity index is 1.86. The second kappa shape index (κ2) is 16.8. The molecule has 35 heavy (non-hydrogen) atoms. The molecule has 15 heteroatoms. The molecule has 3 heterocycles. The van der Waals surface area contributed by atoms with Crippen molar-refractivity contribution in [2.24, 2.45) is 13.5 Å². The highest BCUT2D eigenvalue weighted by Crippen LogP contribution is 2.80. The summed E-state index contributed by atoms with van der Waals surface area (Å²) < 4.78 is 43.9. The fraction of sp³-hybridized carbons (Fsp3) is 1.00. The summed E-state index contributed by atoms with van der Waals surface area (Å²) in [5.41, 5.74) is 0. The van der Waals surface area contributed by atoms with E-state index in [1.165, 1.54) is 38.5 Å². The molecule has 0 spiro atoms. The minimum Gasteiger partial charge on any atom is -0.377 e. The quantitative estimate of drug-likeness (QED) is 0.279. The van der Waals surface area contributed by atoms with E-state index in [0.29, 0.717) is 65.9 Å². The van der Waals surface area contributed by atoms with E-state index in [1.54, 1.807) is 0 Å². The standard InChI is InChI=1S/C20H42Cl2N5O5P3/c21-33(22)25-34-23-11-9-7-5-3-1-2-4-6-8-10-12-24-35(26-33,27-34)32-20-18-30-16-14-28-13-15-29-17-19-31-34/h23-24H,1-20H2. The zero-order valence-corrected chi connectivity index (χ0v) is 24.8. The van der Waals surface area contributed by atoms with E-state index in [2.05, 4.69) is 19.2 Å². The van der Waals surface area contributed by atoms with Crippen LogP contribution in [0.15, 0.2) is 13.5 Å². The first-order valence-electron chi connectivity index (χ1n) is 12.9. The van der Waals surface area contributed by atoms with E-state index in [-0.39, 0.29) is 0 Å². The third-order valence-corrected chi connectivity index (χ3v) is 16.1. The SMILES string of the molecule is ClP1(Cl)=NP23=NP(=N1)(NCCCCCCCCCCCCN2)OCCOCCOCCOCCO3. The van der Waals surface area contributed by atoms with Gasteiger partial charge >= 0.3 is 0 Å². The Morgan fingerprint density at radius 1 is 0.457 bits per heavy atom. The molecule has 2 N–H and O–H groups in total. The molecule has 10 nitrogen and oxygen atoms in total. The lowest BCUT2D eigenvalue weighted by Gasteiger charge is -2.32. The molecule has 0 saturated heterocycles. The molecule has 2 bridgehead atoms. The molecule has 0 aromatic rings. The fourth-order valence-electron chi connectivity index (χ4n) is 3.93. The molecule has 0 saturated carbocycles. The van der Waals surface area contributed by atoms with Crippen LogP contribution in [0.3, 0.4) is 0 Å². The lowest BCUT2D eigenvalue weighted by atomic mass is 10.1. The van der Waals surface area contributed by atoms with Gasteiger partial charge in [-0.25, -0.2) is 10.2 Å². The number of ether oxygens (including phenoxy) is 3. The lowest BCUT2D eigenvalue weighted by molar-refractivity contribution is 0.00533. The normalized spacial score (nSPS) is 33.8. The summed E-state index contributed by atoms with van der Waals surface area (Å²) in [6.45, 7) is 4.80. The van der Waals surface area contributed by atoms with Crippen LogP contribution in [0.25, 0.3) is 0 Å². The molecule has 0 aromatic heterocycles. The third-order valence-electron chi connectivity index (χ3n) is 5.68. The molecule has 2 atom stereocenters. The first-order valence-corrected chi connectivity index (χ1v) is 19.6. The van der Waals surface area contributed by atoms with Crippen molar-refractivity contribution in [2.75, 3.05) is 65.9 Å². The van der Waals surface area contributed by atoms with E-state index in [0.717, 1.165) is 25.7 Å². The van der Waals surface area contributed by atoms with E-state index in [1.807, 2.05) is 0 Å². The van der Waals surface area contributed by atoms with Gasteiger partial charge < -0.3 is 23.3 Å². The molecular formula is C20H42Cl2N5O5P3. The van der Waals surface area contributed by atoms with Gasteiger partial charge in [-0.1, -0.05) is 51.4 Å². The molecule has 0 radical (unpaired) electrons. The van der Waals surface area contributed by atoms with Gasteiger partial charge in [0.05, 0.1) is 52.9 Å². The van der Waals surface area contributed by atoms with E-state index in [4.69, 9.17) is 50.3 Å². The van der Waals surface area contributed by atoms with Crippen molar-refractivity contribution >= 4 is 43.6 Å². The number of hydrogen-bond acceptors (Lipinski definition) is 10. The van der Waals surface area contributed by atoms with E-state index < -0.39 is 21.1 Å². The molecule has 0 fully saturated rings. The maximum atomic E-state index is 6.71. The van der Waals surface area contributed by atoms with Crippen molar-refractivity contribution in [1.82, 2.24) is 10.2 Å². The molecule has 0 amide bonds. The predicted molar refractivity (Wildman–Crippen MR) is 146 cm³/mol. The highest BCUT2D eigenvalue weighted by molar-refractivity contribution is 8.13. The van der Waals surface area contributed by atoms with Gasteiger partial charge in [-0.3, -0.25) is 0 Å². The molecule has 3 rings (SSSR count). The van der Waals surface area contributed by atoms with Gasteiger partial charge in [-0.05, 0) is 35.3 Å². The molecule has 3 aliphatic rings. The van der Waals surface area contributed by atoms with Crippen LogP contribution < -0.4 is 10.2 Å². The number of nitrogens with zero attached hydrogens (tertiary/aromatic N) is 3. The fourth-order valence-corrected chi connectivity index (χ4v) is 15.9. The Morgan fingerprint density at radius 2 is 0.829 bits per heavy atom. The van der Waals surface area contributed by atoms with Gasteiger partial charge in [0.2, 0.25) is 0 Å². The Labute approximate surface area is 220 Å². The van der Waals surface area contributed by atoms with Crippen molar-refractivity contribution in [1.29, 1.82) is 0 Å². The Hall–Kier alpha value is 0.990. The third kappa shape index (κ3) is 12.1. The van der Waals surface area contributed by atoms with Gasteiger partial charge in [0.15, 0.2) is 0 Å². The van der Waals surface area contributed by atoms with Gasteiger partial charge in [-0.15, -0.1) is 0 Å². The monoisotopic (exact) mass is 595 g/mol. The van der Waals surface area contributed by atoms with Crippen molar-refractivity contribution in [3.8, 4) is 0 Å². The molecule has 3 aliphatic heterocycles. The molecule has 206 valence electrons. The average Bonchev–Trinajstić information content (AvgIpc) is 2.80. The summed E-state index contributed by atoms with van der Waals surface area (Å²) >= 11 is 13.4. The molecular weight excluding hydrogens is 554 g/mol. The molecule has 0 aliphatic carbocycles. The lowest BCUT2D eigenvalue weighted by Crippen LogP contribution is -2.20. The van der Waals surface area contributed by atoms with Crippen molar-refractivity contribution in [3.05, 3.63) is 0 Å². The average molecular weight is 596 g/mol. The summed E-state index contributed by atoms with van der Waals surface area (Å²) in [6.07, 6.45) is 12.0. The van der Waals surface area contributed by atoms with E-state index >= 15 is 0 Å². The number of rotatable bonds is 0. The number of hydrogen-bond donors (Lipinski definition) is 2. The Bertz CT molecular complexity index is 757. The number of halogens is 2. The largest absolute Gasteiger partial charge is 0.377 e. The smallest absolute Gasteiger partial charge is 0.280 e. The van der Waals surface area contributed by atoms with Gasteiger partial charge in [-0.2, -0.15) is 13.5 Å². The van der Waals surface area contributed by atoms with Gasteiger partial charge in [0.1, 0.15) is 0 Å². The maximum absolute atomic E-state index is 6.71. The van der Waals surface area contributed by atoms with Crippen LogP contribution in [-0.2, 0) is 23.3 Å². The molecule has 2 unspecified atom stereocenters. The van der Waals surface area contributed by atoms with Crippen LogP contribution in [0.2, 0.25) is 0 Å². The highest BCUT2D eigenvalue weighted by atomic mass is 35.9. The van der Waals surface area contributed by atoms with Crippen LogP contribution in [0.4, 0.5) is 0 Å². The van der Waals surface area contributed by atoms with Crippen LogP contribution in [0, 0.1) is 0 Å². The second-order valence-corrected chi connectivity index (χ2v) is 18.4. The van der Waals surface area contributed by atoms with Gasteiger partial charge in [0.25, 0.3) is 21.1 Å². The zero-order chi connectivity index (χ0) is 24.7. The zero-order valence-electron chi connectivity index (χ0n) is 20.6. The topological polar surface area (TPSA) is 107 Å². The first kappa shape index (κ1) is 30.5. The van der Waals surface area contributed by atoms with Crippen LogP contribution in [0.5, 0.6) is 0 Å². The molecule has 0 aromatic carbocycles. The van der Waals surface area contributed by atoms with Crippen LogP contribution >= 0.6 is 43.6 Å². The van der Waals surface area contributed by atoms with Gasteiger partial charge in [0, 0.05) is 13.1 Å². The summed E-state index contributed by atoms with van der Waals surface area (Å²) in [4.78, 5) is 0. The van der Waals surface area contributed by atoms with Crippen molar-refractivity contribution in [3.63, 3.8) is 0 Å². The summed E-state index contributed by atoms with van der Waals surface area (Å²) in [7, 11) is -5.84. The predicted octanol–water partition coefficient (Wildman–Crippen LogP) is 7.51. The second-order valence-electron chi connectivity index (χ2n) is 8.67. The van der Waals surface area contributed by atoms with Crippen molar-refractivity contribution < 1.29 is 23.3 Å².